The van der Waals surface area contributed by atoms with Crippen molar-refractivity contribution in [2.24, 2.45) is 0 Å². The van der Waals surface area contributed by atoms with Gasteiger partial charge in [0.05, 0.1) is 19.3 Å². The zero-order valence-electron chi connectivity index (χ0n) is 11.1. The highest BCUT2D eigenvalue weighted by Gasteiger charge is 2.27. The van der Waals surface area contributed by atoms with Crippen LogP contribution in [-0.2, 0) is 6.54 Å². The Kier molecular flexibility index (Phi) is 4.36. The third-order valence-corrected chi connectivity index (χ3v) is 3.32. The number of ketones is 1. The monoisotopic (exact) mass is 251 g/mol. The van der Waals surface area contributed by atoms with E-state index in [0.29, 0.717) is 11.4 Å². The molecule has 5 nitrogen and oxygen atoms in total. The summed E-state index contributed by atoms with van der Waals surface area (Å²) in [6.45, 7) is 3.74. The van der Waals surface area contributed by atoms with Crippen molar-refractivity contribution in [3.8, 4) is 5.75 Å². The minimum Gasteiger partial charge on any atom is -0.493 e. The summed E-state index contributed by atoms with van der Waals surface area (Å²) in [7, 11) is 1.58. The van der Waals surface area contributed by atoms with Crippen LogP contribution in [0.5, 0.6) is 5.75 Å². The van der Waals surface area contributed by atoms with Crippen LogP contribution in [0.15, 0.2) is 6.20 Å². The van der Waals surface area contributed by atoms with Crippen molar-refractivity contribution in [1.29, 1.82) is 0 Å². The van der Waals surface area contributed by atoms with E-state index >= 15 is 0 Å². The van der Waals surface area contributed by atoms with Crippen molar-refractivity contribution in [3.63, 3.8) is 0 Å². The van der Waals surface area contributed by atoms with Crippen LogP contribution in [0.25, 0.3) is 0 Å². The maximum absolute atomic E-state index is 12.5. The second kappa shape index (κ2) is 6.00. The van der Waals surface area contributed by atoms with E-state index in [0.717, 1.165) is 38.8 Å². The molecule has 5 heteroatoms. The molecule has 0 aliphatic carbocycles. The van der Waals surface area contributed by atoms with Crippen LogP contribution in [-0.4, -0.2) is 35.3 Å². The fourth-order valence-electron chi connectivity index (χ4n) is 2.39. The largest absolute Gasteiger partial charge is 0.493 e. The molecule has 1 saturated heterocycles. The molecule has 18 heavy (non-hydrogen) atoms. The molecule has 2 rings (SSSR count). The Bertz CT molecular complexity index is 408. The molecule has 0 saturated carbocycles. The minimum atomic E-state index is -0.0834. The second-order valence-corrected chi connectivity index (χ2v) is 4.65. The third kappa shape index (κ3) is 2.56. The average molecular weight is 251 g/mol. The van der Waals surface area contributed by atoms with Gasteiger partial charge in [-0.25, -0.2) is 0 Å². The molecule has 1 fully saturated rings. The Morgan fingerprint density at radius 1 is 1.61 bits per heavy atom. The van der Waals surface area contributed by atoms with E-state index in [2.05, 4.69) is 17.3 Å². The summed E-state index contributed by atoms with van der Waals surface area (Å²) >= 11 is 0. The molecule has 1 unspecified atom stereocenters. The number of hydrogen-bond donors (Lipinski definition) is 1. The standard InChI is InChI=1S/C13H21N3O2/c1-3-8-16-12(11(18-2)9-15-16)13(17)10-6-4-5-7-14-10/h9-10,14H,3-8H2,1-2H3. The number of carbonyl (C=O) groups is 1. The van der Waals surface area contributed by atoms with E-state index in [1.807, 2.05) is 0 Å². The van der Waals surface area contributed by atoms with E-state index in [9.17, 15) is 4.79 Å². The van der Waals surface area contributed by atoms with Gasteiger partial charge in [0.1, 0.15) is 5.69 Å². The Hall–Kier alpha value is -1.36. The summed E-state index contributed by atoms with van der Waals surface area (Å²) < 4.78 is 7.01. The van der Waals surface area contributed by atoms with Gasteiger partial charge in [-0.15, -0.1) is 0 Å². The highest BCUT2D eigenvalue weighted by atomic mass is 16.5. The molecule has 1 N–H and O–H groups in total. The number of aryl methyl sites for hydroxylation is 1. The zero-order chi connectivity index (χ0) is 13.0. The van der Waals surface area contributed by atoms with Crippen molar-refractivity contribution in [3.05, 3.63) is 11.9 Å². The van der Waals surface area contributed by atoms with Gasteiger partial charge in [0, 0.05) is 6.54 Å². The van der Waals surface area contributed by atoms with Crippen molar-refractivity contribution in [2.75, 3.05) is 13.7 Å². The van der Waals surface area contributed by atoms with Crippen molar-refractivity contribution >= 4 is 5.78 Å². The van der Waals surface area contributed by atoms with E-state index in [1.165, 1.54) is 0 Å². The number of nitrogens with zero attached hydrogens (tertiary/aromatic N) is 2. The lowest BCUT2D eigenvalue weighted by Gasteiger charge is -2.22. The van der Waals surface area contributed by atoms with Crippen molar-refractivity contribution in [1.82, 2.24) is 15.1 Å². The van der Waals surface area contributed by atoms with E-state index in [-0.39, 0.29) is 11.8 Å². The number of piperidine rings is 1. The first-order valence-corrected chi connectivity index (χ1v) is 6.65. The van der Waals surface area contributed by atoms with Gasteiger partial charge in [0.15, 0.2) is 5.75 Å². The lowest BCUT2D eigenvalue weighted by atomic mass is 9.99. The molecule has 1 aromatic rings. The first-order valence-electron chi connectivity index (χ1n) is 6.65. The summed E-state index contributed by atoms with van der Waals surface area (Å²) in [5, 5.41) is 7.52. The average Bonchev–Trinajstić information content (AvgIpc) is 2.82. The topological polar surface area (TPSA) is 56.2 Å². The maximum Gasteiger partial charge on any atom is 0.201 e. The van der Waals surface area contributed by atoms with Gasteiger partial charge in [0.25, 0.3) is 0 Å². The molecule has 100 valence electrons. The van der Waals surface area contributed by atoms with Gasteiger partial charge in [-0.1, -0.05) is 13.3 Å². The molecule has 0 amide bonds. The summed E-state index contributed by atoms with van der Waals surface area (Å²) in [6.07, 6.45) is 5.73. The normalized spacial score (nSPS) is 19.8. The number of hydrogen-bond acceptors (Lipinski definition) is 4. The summed E-state index contributed by atoms with van der Waals surface area (Å²) in [6, 6.07) is -0.0834. The molecule has 1 aliphatic heterocycles. The van der Waals surface area contributed by atoms with E-state index in [1.54, 1.807) is 18.0 Å². The molecule has 0 spiro atoms. The molecule has 1 atom stereocenters. The van der Waals surface area contributed by atoms with Crippen molar-refractivity contribution < 1.29 is 9.53 Å². The Morgan fingerprint density at radius 2 is 2.44 bits per heavy atom. The van der Waals surface area contributed by atoms with E-state index < -0.39 is 0 Å². The number of methoxy groups -OCH3 is 1. The van der Waals surface area contributed by atoms with Gasteiger partial charge in [-0.3, -0.25) is 9.48 Å². The van der Waals surface area contributed by atoms with Crippen LogP contribution >= 0.6 is 0 Å². The SMILES string of the molecule is CCCn1ncc(OC)c1C(=O)C1CCCCN1. The smallest absolute Gasteiger partial charge is 0.201 e. The van der Waals surface area contributed by atoms with Crippen LogP contribution in [0.2, 0.25) is 0 Å². The molecular formula is C13H21N3O2. The molecule has 0 bridgehead atoms. The lowest BCUT2D eigenvalue weighted by molar-refractivity contribution is 0.0912. The first kappa shape index (κ1) is 13.1. The Labute approximate surface area is 108 Å². The number of Topliss-reactive ketones (excluding diaryl/α,β-unsaturated/α-hetero) is 1. The quantitative estimate of drug-likeness (QED) is 0.808. The fourth-order valence-corrected chi connectivity index (χ4v) is 2.39. The Balaban J connectivity index is 2.23. The minimum absolute atomic E-state index is 0.0834. The zero-order valence-corrected chi connectivity index (χ0v) is 11.1. The number of carbonyl (C=O) groups excluding carboxylic acids is 1. The van der Waals surface area contributed by atoms with Crippen LogP contribution in [0.3, 0.4) is 0 Å². The predicted molar refractivity (Wildman–Crippen MR) is 69.0 cm³/mol. The molecule has 0 radical (unpaired) electrons. The lowest BCUT2D eigenvalue weighted by Crippen LogP contribution is -2.41. The van der Waals surface area contributed by atoms with Gasteiger partial charge in [-0.05, 0) is 25.8 Å². The highest BCUT2D eigenvalue weighted by Crippen LogP contribution is 2.22. The van der Waals surface area contributed by atoms with Crippen LogP contribution in [0, 0.1) is 0 Å². The number of nitrogens with one attached hydrogen (secondary N) is 1. The number of rotatable bonds is 5. The number of aromatic nitrogens is 2. The molecule has 0 aromatic carbocycles. The van der Waals surface area contributed by atoms with Gasteiger partial charge in [0.2, 0.25) is 5.78 Å². The maximum atomic E-state index is 12.5. The summed E-state index contributed by atoms with van der Waals surface area (Å²) in [5.41, 5.74) is 0.610. The van der Waals surface area contributed by atoms with Gasteiger partial charge < -0.3 is 10.1 Å². The van der Waals surface area contributed by atoms with Gasteiger partial charge >= 0.3 is 0 Å². The molecule has 1 aromatic heterocycles. The van der Waals surface area contributed by atoms with Gasteiger partial charge in [-0.2, -0.15) is 5.10 Å². The predicted octanol–water partition coefficient (Wildman–Crippen LogP) is 1.63. The first-order chi connectivity index (χ1) is 8.77. The van der Waals surface area contributed by atoms with Crippen LogP contribution < -0.4 is 10.1 Å². The number of ether oxygens (including phenoxy) is 1. The fraction of sp³-hybridized carbons (Fsp3) is 0.692. The molecule has 1 aliphatic rings. The van der Waals surface area contributed by atoms with Crippen LogP contribution in [0.1, 0.15) is 43.1 Å². The molecular weight excluding hydrogens is 230 g/mol. The second-order valence-electron chi connectivity index (χ2n) is 4.65. The third-order valence-electron chi connectivity index (χ3n) is 3.32. The molecule has 2 heterocycles. The summed E-state index contributed by atoms with van der Waals surface area (Å²) in [5.74, 6) is 0.693. The Morgan fingerprint density at radius 3 is 3.06 bits per heavy atom. The van der Waals surface area contributed by atoms with Crippen molar-refractivity contribution in [2.45, 2.75) is 45.2 Å². The van der Waals surface area contributed by atoms with E-state index in [4.69, 9.17) is 4.74 Å². The van der Waals surface area contributed by atoms with Crippen LogP contribution in [0.4, 0.5) is 0 Å². The highest BCUT2D eigenvalue weighted by molar-refractivity contribution is 6.01. The summed E-state index contributed by atoms with van der Waals surface area (Å²) in [4.78, 5) is 12.5.